The monoisotopic (exact) mass is 484 g/mol. The summed E-state index contributed by atoms with van der Waals surface area (Å²) >= 11 is 9.09. The summed E-state index contributed by atoms with van der Waals surface area (Å²) in [6, 6.07) is 19.1. The molecule has 164 valence electrons. The van der Waals surface area contributed by atoms with Gasteiger partial charge in [0.1, 0.15) is 5.75 Å². The molecule has 2 aromatic heterocycles. The maximum atomic E-state index is 12.7. The lowest BCUT2D eigenvalue weighted by Gasteiger charge is -2.16. The molecule has 1 amide bonds. The van der Waals surface area contributed by atoms with Crippen LogP contribution in [0.4, 0.5) is 0 Å². The van der Waals surface area contributed by atoms with Crippen LogP contribution in [0, 0.1) is 0 Å². The minimum atomic E-state index is 0.0212. The highest BCUT2D eigenvalue weighted by molar-refractivity contribution is 7.99. The second-order valence-corrected chi connectivity index (χ2v) is 9.35. The lowest BCUT2D eigenvalue weighted by molar-refractivity contribution is -0.127. The van der Waals surface area contributed by atoms with Gasteiger partial charge in [-0.2, -0.15) is 0 Å². The van der Waals surface area contributed by atoms with Crippen LogP contribution in [0.3, 0.4) is 0 Å². The standard InChI is InChI=1S/C23H21ClN4O2S2/c1-27(14-18-6-5-13-31-18)21(29)15-32-23-26-25-22(19-7-3-4-8-20(19)30-2)28(23)17-11-9-16(24)10-12-17/h3-13H,14-15H2,1-2H3. The number of thiophene rings is 1. The van der Waals surface area contributed by atoms with E-state index < -0.39 is 0 Å². The average Bonchev–Trinajstić information content (AvgIpc) is 3.48. The molecule has 0 saturated carbocycles. The summed E-state index contributed by atoms with van der Waals surface area (Å²) in [6.07, 6.45) is 0. The summed E-state index contributed by atoms with van der Waals surface area (Å²) in [6.45, 7) is 0.591. The fourth-order valence-electron chi connectivity index (χ4n) is 3.15. The van der Waals surface area contributed by atoms with Crippen LogP contribution < -0.4 is 4.74 Å². The zero-order valence-corrected chi connectivity index (χ0v) is 20.0. The Morgan fingerprint density at radius 1 is 1.12 bits per heavy atom. The van der Waals surface area contributed by atoms with E-state index in [0.29, 0.717) is 28.3 Å². The number of carbonyl (C=O) groups excluding carboxylic acids is 1. The number of benzene rings is 2. The zero-order chi connectivity index (χ0) is 22.5. The maximum absolute atomic E-state index is 12.7. The number of thioether (sulfide) groups is 1. The van der Waals surface area contributed by atoms with Gasteiger partial charge in [0.2, 0.25) is 5.91 Å². The van der Waals surface area contributed by atoms with Crippen molar-refractivity contribution in [3.8, 4) is 22.8 Å². The van der Waals surface area contributed by atoms with Crippen molar-refractivity contribution in [1.29, 1.82) is 0 Å². The number of rotatable bonds is 8. The summed E-state index contributed by atoms with van der Waals surface area (Å²) in [4.78, 5) is 15.6. The molecule has 0 atom stereocenters. The molecule has 0 aliphatic rings. The number of halogens is 1. The molecule has 2 heterocycles. The van der Waals surface area contributed by atoms with E-state index in [0.717, 1.165) is 16.1 Å². The van der Waals surface area contributed by atoms with Gasteiger partial charge in [-0.3, -0.25) is 9.36 Å². The van der Waals surface area contributed by atoms with Crippen molar-refractivity contribution in [3.05, 3.63) is 75.9 Å². The summed E-state index contributed by atoms with van der Waals surface area (Å²) < 4.78 is 7.45. The molecule has 0 fully saturated rings. The lowest BCUT2D eigenvalue weighted by atomic mass is 10.2. The predicted molar refractivity (Wildman–Crippen MR) is 130 cm³/mol. The quantitative estimate of drug-likeness (QED) is 0.313. The van der Waals surface area contributed by atoms with E-state index in [4.69, 9.17) is 16.3 Å². The fourth-order valence-corrected chi connectivity index (χ4v) is 4.93. The SMILES string of the molecule is COc1ccccc1-c1nnc(SCC(=O)N(C)Cc2cccs2)n1-c1ccc(Cl)cc1. The molecule has 4 aromatic rings. The summed E-state index contributed by atoms with van der Waals surface area (Å²) in [5.41, 5.74) is 1.66. The Morgan fingerprint density at radius 3 is 2.62 bits per heavy atom. The number of amides is 1. The van der Waals surface area contributed by atoms with Crippen molar-refractivity contribution in [2.24, 2.45) is 0 Å². The van der Waals surface area contributed by atoms with Gasteiger partial charge in [0, 0.05) is 22.6 Å². The molecule has 0 radical (unpaired) electrons. The van der Waals surface area contributed by atoms with Crippen LogP contribution in [0.2, 0.25) is 5.02 Å². The van der Waals surface area contributed by atoms with Crippen LogP contribution in [0.1, 0.15) is 4.88 Å². The highest BCUT2D eigenvalue weighted by Gasteiger charge is 2.20. The van der Waals surface area contributed by atoms with Crippen LogP contribution in [-0.2, 0) is 11.3 Å². The number of para-hydroxylation sites is 1. The van der Waals surface area contributed by atoms with Crippen LogP contribution in [0.5, 0.6) is 5.75 Å². The Hall–Kier alpha value is -2.81. The first kappa shape index (κ1) is 22.4. The molecule has 2 aromatic carbocycles. The third kappa shape index (κ3) is 4.98. The number of hydrogen-bond acceptors (Lipinski definition) is 6. The minimum absolute atomic E-state index is 0.0212. The number of hydrogen-bond donors (Lipinski definition) is 0. The Balaban J connectivity index is 1.62. The minimum Gasteiger partial charge on any atom is -0.496 e. The molecular formula is C23H21ClN4O2S2. The maximum Gasteiger partial charge on any atom is 0.233 e. The molecule has 9 heteroatoms. The lowest BCUT2D eigenvalue weighted by Crippen LogP contribution is -2.27. The molecule has 0 N–H and O–H groups in total. The van der Waals surface area contributed by atoms with Gasteiger partial charge in [-0.15, -0.1) is 21.5 Å². The molecule has 32 heavy (non-hydrogen) atoms. The van der Waals surface area contributed by atoms with Gasteiger partial charge in [0.25, 0.3) is 0 Å². The summed E-state index contributed by atoms with van der Waals surface area (Å²) in [7, 11) is 3.44. The topological polar surface area (TPSA) is 60.3 Å². The first-order chi connectivity index (χ1) is 15.6. The first-order valence-electron chi connectivity index (χ1n) is 9.80. The molecule has 0 unspecified atom stereocenters. The fraction of sp³-hybridized carbons (Fsp3) is 0.174. The number of carbonyl (C=O) groups is 1. The third-order valence-electron chi connectivity index (χ3n) is 4.79. The van der Waals surface area contributed by atoms with E-state index in [9.17, 15) is 4.79 Å². The molecule has 0 aliphatic carbocycles. The molecule has 4 rings (SSSR count). The van der Waals surface area contributed by atoms with E-state index in [-0.39, 0.29) is 11.7 Å². The van der Waals surface area contributed by atoms with Gasteiger partial charge in [-0.05, 0) is 47.8 Å². The smallest absolute Gasteiger partial charge is 0.233 e. The second kappa shape index (κ2) is 10.2. The molecular weight excluding hydrogens is 464 g/mol. The molecule has 0 saturated heterocycles. The molecule has 0 aliphatic heterocycles. The van der Waals surface area contributed by atoms with Crippen LogP contribution in [-0.4, -0.2) is 45.5 Å². The van der Waals surface area contributed by atoms with Crippen LogP contribution in [0.15, 0.2) is 71.2 Å². The summed E-state index contributed by atoms with van der Waals surface area (Å²) in [5, 5.41) is 12.1. The van der Waals surface area contributed by atoms with Crippen molar-refractivity contribution in [2.75, 3.05) is 19.9 Å². The average molecular weight is 485 g/mol. The Morgan fingerprint density at radius 2 is 1.91 bits per heavy atom. The zero-order valence-electron chi connectivity index (χ0n) is 17.6. The summed E-state index contributed by atoms with van der Waals surface area (Å²) in [5.74, 6) is 1.59. The highest BCUT2D eigenvalue weighted by atomic mass is 35.5. The Bertz CT molecular complexity index is 1190. The first-order valence-corrected chi connectivity index (χ1v) is 12.0. The van der Waals surface area contributed by atoms with Gasteiger partial charge < -0.3 is 9.64 Å². The predicted octanol–water partition coefficient (Wildman–Crippen LogP) is 5.41. The highest BCUT2D eigenvalue weighted by Crippen LogP contribution is 2.33. The van der Waals surface area contributed by atoms with E-state index >= 15 is 0 Å². The number of aromatic nitrogens is 3. The van der Waals surface area contributed by atoms with Crippen LogP contribution in [0.25, 0.3) is 17.1 Å². The Kier molecular flexibility index (Phi) is 7.14. The van der Waals surface area contributed by atoms with E-state index in [2.05, 4.69) is 10.2 Å². The number of nitrogens with zero attached hydrogens (tertiary/aromatic N) is 4. The van der Waals surface area contributed by atoms with Crippen molar-refractivity contribution < 1.29 is 9.53 Å². The Labute approximate surface area is 199 Å². The largest absolute Gasteiger partial charge is 0.496 e. The van der Waals surface area contributed by atoms with Crippen molar-refractivity contribution in [1.82, 2.24) is 19.7 Å². The van der Waals surface area contributed by atoms with Crippen molar-refractivity contribution >= 4 is 40.6 Å². The van der Waals surface area contributed by atoms with Gasteiger partial charge in [0.05, 0.1) is 25.0 Å². The van der Waals surface area contributed by atoms with Crippen molar-refractivity contribution in [2.45, 2.75) is 11.7 Å². The molecule has 0 bridgehead atoms. The van der Waals surface area contributed by atoms with Gasteiger partial charge in [-0.1, -0.05) is 41.6 Å². The number of ether oxygens (including phenoxy) is 1. The van der Waals surface area contributed by atoms with Gasteiger partial charge >= 0.3 is 0 Å². The van der Waals surface area contributed by atoms with Crippen molar-refractivity contribution in [3.63, 3.8) is 0 Å². The van der Waals surface area contributed by atoms with Crippen LogP contribution >= 0.6 is 34.7 Å². The number of methoxy groups -OCH3 is 1. The molecule has 0 spiro atoms. The van der Waals surface area contributed by atoms with E-state index in [1.54, 1.807) is 23.3 Å². The van der Waals surface area contributed by atoms with E-state index in [1.807, 2.05) is 77.7 Å². The normalized spacial score (nSPS) is 10.8. The second-order valence-electron chi connectivity index (χ2n) is 6.94. The van der Waals surface area contributed by atoms with E-state index in [1.165, 1.54) is 11.8 Å². The van der Waals surface area contributed by atoms with Gasteiger partial charge in [0.15, 0.2) is 11.0 Å². The third-order valence-corrected chi connectivity index (χ3v) is 6.82. The van der Waals surface area contributed by atoms with Gasteiger partial charge in [-0.25, -0.2) is 0 Å². The molecule has 6 nitrogen and oxygen atoms in total.